The minimum absolute atomic E-state index is 0.134. The van der Waals surface area contributed by atoms with Crippen molar-refractivity contribution in [3.05, 3.63) is 17.7 Å². The summed E-state index contributed by atoms with van der Waals surface area (Å²) in [4.78, 5) is 159. The van der Waals surface area contributed by atoms with Gasteiger partial charge in [-0.3, -0.25) is 57.5 Å². The van der Waals surface area contributed by atoms with Crippen molar-refractivity contribution >= 4 is 77.4 Å². The maximum absolute atomic E-state index is 12.6. The highest BCUT2D eigenvalue weighted by atomic mass is 16.7. The standard InChI is InChI=1S/C61H87N3O35/c1-30(65)62-48-55(94-39(10)74)52(91-36(7)71)45(27-88-33(4)68)97-59(48)85-22-16-79-13-19-82-43-25-42(58(77)78)26-44(83-20-14-80-17-23-86-60-49(63-31(2)66)56(95-40(11)75)53(92-37(8)72)46(98-60)28-89-34(5)69)51(43)84-21-15-81-18-24-87-61-50(64-32(3)67)57(96-41(12)76)54(93-38(9)73)47(99-61)29-90-35(6)70/h25-26,45-50,52-57,59-61H,13-24,27-29H2,1-12H3,(H,62,65)(H,63,66)(H,64,67)(H,77,78)/t45-,46-,47-,48-,49-,50-,52+,53+,54+,55-,56-,57?,59-,60-,61-/m1/s1. The van der Waals surface area contributed by atoms with Crippen LogP contribution in [0.4, 0.5) is 0 Å². The molecule has 3 aliphatic heterocycles. The molecule has 1 aromatic rings. The van der Waals surface area contributed by atoms with Crippen LogP contribution in [0.5, 0.6) is 17.2 Å². The number of nitrogens with one attached hydrogen (secondary N) is 3. The first-order valence-electron chi connectivity index (χ1n) is 30.9. The lowest BCUT2D eigenvalue weighted by molar-refractivity contribution is -0.279. The Morgan fingerprint density at radius 1 is 0.343 bits per heavy atom. The van der Waals surface area contributed by atoms with Gasteiger partial charge in [0, 0.05) is 83.1 Å². The number of carbonyl (C=O) groups is 13. The average Bonchev–Trinajstić information content (AvgIpc) is 0.801. The fourth-order valence-electron chi connectivity index (χ4n) is 9.96. The molecular formula is C61H87N3O35. The van der Waals surface area contributed by atoms with Gasteiger partial charge in [0.05, 0.1) is 65.0 Å². The molecule has 1 unspecified atom stereocenters. The Labute approximate surface area is 567 Å². The Morgan fingerprint density at radius 2 is 0.596 bits per heavy atom. The smallest absolute Gasteiger partial charge is 0.335 e. The number of benzene rings is 1. The normalized spacial score (nSPS) is 24.7. The molecule has 38 heteroatoms. The van der Waals surface area contributed by atoms with Crippen molar-refractivity contribution in [2.45, 2.75) is 175 Å². The largest absolute Gasteiger partial charge is 0.487 e. The molecule has 1 aromatic carbocycles. The number of hydrogen-bond acceptors (Lipinski definition) is 34. The highest BCUT2D eigenvalue weighted by Gasteiger charge is 2.54. The molecule has 3 heterocycles. The van der Waals surface area contributed by atoms with Crippen LogP contribution < -0.4 is 30.2 Å². The summed E-state index contributed by atoms with van der Waals surface area (Å²) in [5.74, 6) is -10.7. The Kier molecular flexibility index (Phi) is 35.4. The van der Waals surface area contributed by atoms with E-state index < -0.39 is 189 Å². The zero-order valence-corrected chi connectivity index (χ0v) is 56.7. The van der Waals surface area contributed by atoms with Crippen LogP contribution in [0.2, 0.25) is 0 Å². The van der Waals surface area contributed by atoms with E-state index in [1.807, 2.05) is 0 Å². The van der Waals surface area contributed by atoms with Gasteiger partial charge in [-0.15, -0.1) is 0 Å². The predicted octanol–water partition coefficient (Wildman–Crippen LogP) is -1.41. The molecule has 0 aliphatic carbocycles. The second-order valence-electron chi connectivity index (χ2n) is 21.8. The van der Waals surface area contributed by atoms with Gasteiger partial charge in [-0.2, -0.15) is 0 Å². The molecule has 0 radical (unpaired) electrons. The predicted molar refractivity (Wildman–Crippen MR) is 322 cm³/mol. The molecule has 3 amide bonds. The van der Waals surface area contributed by atoms with Gasteiger partial charge in [0.15, 0.2) is 67.0 Å². The van der Waals surface area contributed by atoms with Gasteiger partial charge in [-0.25, -0.2) is 4.79 Å². The van der Waals surface area contributed by atoms with E-state index in [1.54, 1.807) is 0 Å². The first-order chi connectivity index (χ1) is 46.8. The molecule has 0 aromatic heterocycles. The molecule has 556 valence electrons. The van der Waals surface area contributed by atoms with Crippen LogP contribution in [0.15, 0.2) is 12.1 Å². The summed E-state index contributed by atoms with van der Waals surface area (Å²) in [6, 6.07) is -1.50. The van der Waals surface area contributed by atoms with E-state index in [-0.39, 0.29) is 102 Å². The number of rotatable bonds is 40. The molecule has 99 heavy (non-hydrogen) atoms. The van der Waals surface area contributed by atoms with Crippen LogP contribution in [0, 0.1) is 0 Å². The van der Waals surface area contributed by atoms with Gasteiger partial charge < -0.3 is 121 Å². The summed E-state index contributed by atoms with van der Waals surface area (Å²) in [6.07, 6.45) is -16.2. The molecule has 4 N–H and O–H groups in total. The van der Waals surface area contributed by atoms with E-state index in [2.05, 4.69) is 16.0 Å². The van der Waals surface area contributed by atoms with E-state index in [0.29, 0.717) is 0 Å². The third-order valence-corrected chi connectivity index (χ3v) is 13.5. The summed E-state index contributed by atoms with van der Waals surface area (Å²) >= 11 is 0. The van der Waals surface area contributed by atoms with E-state index >= 15 is 0 Å². The molecule has 0 saturated carbocycles. The van der Waals surface area contributed by atoms with Gasteiger partial charge in [-0.1, -0.05) is 0 Å². The third kappa shape index (κ3) is 29.4. The molecule has 15 atom stereocenters. The van der Waals surface area contributed by atoms with Gasteiger partial charge >= 0.3 is 59.7 Å². The topological polar surface area (TPSA) is 472 Å². The van der Waals surface area contributed by atoms with Crippen molar-refractivity contribution in [1.82, 2.24) is 16.0 Å². The fourth-order valence-corrected chi connectivity index (χ4v) is 9.96. The van der Waals surface area contributed by atoms with Crippen molar-refractivity contribution in [2.24, 2.45) is 0 Å². The van der Waals surface area contributed by atoms with Gasteiger partial charge in [-0.05, 0) is 12.1 Å². The van der Waals surface area contributed by atoms with Crippen molar-refractivity contribution in [3.63, 3.8) is 0 Å². The maximum Gasteiger partial charge on any atom is 0.335 e. The van der Waals surface area contributed by atoms with Crippen molar-refractivity contribution in [3.8, 4) is 17.2 Å². The third-order valence-electron chi connectivity index (χ3n) is 13.5. The second-order valence-corrected chi connectivity index (χ2v) is 21.8. The van der Waals surface area contributed by atoms with Crippen molar-refractivity contribution < 1.29 is 167 Å². The zero-order chi connectivity index (χ0) is 73.5. The van der Waals surface area contributed by atoms with Crippen molar-refractivity contribution in [1.29, 1.82) is 0 Å². The summed E-state index contributed by atoms with van der Waals surface area (Å²) < 4.78 is 120. The van der Waals surface area contributed by atoms with E-state index in [4.69, 9.17) is 99.5 Å². The highest BCUT2D eigenvalue weighted by molar-refractivity contribution is 5.89. The van der Waals surface area contributed by atoms with Crippen LogP contribution in [0.25, 0.3) is 0 Å². The lowest BCUT2D eigenvalue weighted by Gasteiger charge is -2.44. The molecular weight excluding hydrogens is 1330 g/mol. The number of hydrogen-bond donors (Lipinski definition) is 4. The fraction of sp³-hybridized carbons (Fsp3) is 0.689. The lowest BCUT2D eigenvalue weighted by atomic mass is 9.96. The quantitative estimate of drug-likeness (QED) is 0.0333. The van der Waals surface area contributed by atoms with Crippen molar-refractivity contribution in [2.75, 3.05) is 99.1 Å². The first kappa shape index (κ1) is 82.8. The van der Waals surface area contributed by atoms with Gasteiger partial charge in [0.2, 0.25) is 23.5 Å². The average molecular weight is 1420 g/mol. The Hall–Kier alpha value is -8.63. The van der Waals surface area contributed by atoms with Crippen LogP contribution in [0.1, 0.15) is 93.4 Å². The van der Waals surface area contributed by atoms with E-state index in [0.717, 1.165) is 74.4 Å². The number of carboxylic acid groups (broad SMARTS) is 1. The Bertz CT molecular complexity index is 2780. The Morgan fingerprint density at radius 3 is 0.838 bits per heavy atom. The minimum Gasteiger partial charge on any atom is -0.487 e. The molecule has 0 spiro atoms. The Balaban J connectivity index is 1.52. The van der Waals surface area contributed by atoms with Gasteiger partial charge in [0.1, 0.15) is 76.1 Å². The molecule has 38 nitrogen and oxygen atoms in total. The zero-order valence-electron chi connectivity index (χ0n) is 56.7. The second kappa shape index (κ2) is 42.4. The highest BCUT2D eigenvalue weighted by Crippen LogP contribution is 2.40. The number of aromatic carboxylic acids is 1. The van der Waals surface area contributed by atoms with E-state index in [9.17, 15) is 67.4 Å². The summed E-state index contributed by atoms with van der Waals surface area (Å²) in [6.45, 7) is 9.28. The van der Waals surface area contributed by atoms with E-state index in [1.165, 1.54) is 20.8 Å². The van der Waals surface area contributed by atoms with Crippen LogP contribution in [-0.2, 0) is 143 Å². The molecule has 4 rings (SSSR count). The monoisotopic (exact) mass is 1420 g/mol. The molecule has 3 saturated heterocycles. The number of ether oxygens (including phenoxy) is 21. The van der Waals surface area contributed by atoms with Crippen LogP contribution in [0.3, 0.4) is 0 Å². The van der Waals surface area contributed by atoms with Crippen LogP contribution >= 0.6 is 0 Å². The number of amides is 3. The summed E-state index contributed by atoms with van der Waals surface area (Å²) in [5.41, 5.74) is -0.329. The SMILES string of the molecule is CC(=O)N[C@H]1[C@H](OCCOCCOc2cc(C(=O)O)cc(OCCOCCO[C@@H]3O[C@H](COC(C)=O)[C@H](OC(C)=O)[C@H](OC(C)=O)[C@H]3NC(C)=O)c2OCCOCCO[C@@H]2O[C@H](COC(C)=O)[C@H](OC(C)=O)C(OC(C)=O)[C@H]2NC(C)=O)O[C@H](COC(C)=O)[C@H](OC(C)=O)[C@@H]1OC(C)=O. The van der Waals surface area contributed by atoms with Gasteiger partial charge in [0.25, 0.3) is 0 Å². The summed E-state index contributed by atoms with van der Waals surface area (Å²) in [5, 5.41) is 18.0. The van der Waals surface area contributed by atoms with Crippen LogP contribution in [-0.4, -0.2) is 274 Å². The molecule has 0 bridgehead atoms. The summed E-state index contributed by atoms with van der Waals surface area (Å²) in [7, 11) is 0. The number of esters is 9. The molecule has 3 aliphatic rings. The molecule has 3 fully saturated rings. The minimum atomic E-state index is -1.41. The lowest BCUT2D eigenvalue weighted by Crippen LogP contribution is -2.66. The number of carbonyl (C=O) groups excluding carboxylic acids is 12. The maximum atomic E-state index is 12.6. The first-order valence-corrected chi connectivity index (χ1v) is 30.9. The number of carboxylic acids is 1.